The SMILES string of the molecule is C=C(C)COCCCl.CCN(CC)CC. The lowest BCUT2D eigenvalue weighted by Crippen LogP contribution is -2.21. The summed E-state index contributed by atoms with van der Waals surface area (Å²) in [6, 6.07) is 0. The maximum Gasteiger partial charge on any atom is 0.0672 e. The zero-order valence-electron chi connectivity index (χ0n) is 10.7. The van der Waals surface area contributed by atoms with Crippen molar-refractivity contribution in [3.05, 3.63) is 12.2 Å². The summed E-state index contributed by atoms with van der Waals surface area (Å²) < 4.78 is 5.01. The van der Waals surface area contributed by atoms with Crippen molar-refractivity contribution in [1.29, 1.82) is 0 Å². The van der Waals surface area contributed by atoms with Crippen LogP contribution in [0.25, 0.3) is 0 Å². The van der Waals surface area contributed by atoms with Gasteiger partial charge in [0.05, 0.1) is 13.2 Å². The van der Waals surface area contributed by atoms with Crippen LogP contribution < -0.4 is 0 Å². The normalized spacial score (nSPS) is 9.73. The molecule has 0 fully saturated rings. The monoisotopic (exact) mass is 235 g/mol. The van der Waals surface area contributed by atoms with Crippen molar-refractivity contribution in [3.8, 4) is 0 Å². The Bertz CT molecular complexity index is 130. The molecule has 0 atom stereocenters. The number of halogens is 1. The number of nitrogens with zero attached hydrogens (tertiary/aromatic N) is 1. The Hall–Kier alpha value is -0.0500. The molecule has 0 aliphatic carbocycles. The Kier molecular flexibility index (Phi) is 16.1. The fourth-order valence-electron chi connectivity index (χ4n) is 0.972. The van der Waals surface area contributed by atoms with Gasteiger partial charge in [-0.3, -0.25) is 0 Å². The highest BCUT2D eigenvalue weighted by Gasteiger charge is 1.89. The number of hydrogen-bond donors (Lipinski definition) is 0. The van der Waals surface area contributed by atoms with Crippen LogP contribution >= 0.6 is 11.6 Å². The summed E-state index contributed by atoms with van der Waals surface area (Å²) in [5.41, 5.74) is 1.04. The molecule has 0 rings (SSSR count). The van der Waals surface area contributed by atoms with Gasteiger partial charge in [0.2, 0.25) is 0 Å². The minimum absolute atomic E-state index is 0.563. The molecule has 0 aromatic rings. The summed E-state index contributed by atoms with van der Waals surface area (Å²) >= 11 is 5.33. The Morgan fingerprint density at radius 3 is 1.87 bits per heavy atom. The molecule has 0 N–H and O–H groups in total. The van der Waals surface area contributed by atoms with Crippen molar-refractivity contribution < 1.29 is 4.74 Å². The molecule has 0 aromatic heterocycles. The molecule has 92 valence electrons. The molecular formula is C12H26ClNO. The van der Waals surface area contributed by atoms with Gasteiger partial charge in [-0.25, -0.2) is 0 Å². The third-order valence-corrected chi connectivity index (χ3v) is 2.07. The molecule has 0 aromatic carbocycles. The highest BCUT2D eigenvalue weighted by molar-refractivity contribution is 6.17. The highest BCUT2D eigenvalue weighted by Crippen LogP contribution is 1.87. The van der Waals surface area contributed by atoms with Crippen LogP contribution in [0.5, 0.6) is 0 Å². The zero-order valence-corrected chi connectivity index (χ0v) is 11.4. The van der Waals surface area contributed by atoms with Crippen molar-refractivity contribution in [3.63, 3.8) is 0 Å². The van der Waals surface area contributed by atoms with E-state index in [-0.39, 0.29) is 0 Å². The van der Waals surface area contributed by atoms with Crippen LogP contribution in [-0.2, 0) is 4.74 Å². The Morgan fingerprint density at radius 1 is 1.20 bits per heavy atom. The highest BCUT2D eigenvalue weighted by atomic mass is 35.5. The van der Waals surface area contributed by atoms with Crippen LogP contribution in [0.4, 0.5) is 0 Å². The molecule has 0 spiro atoms. The zero-order chi connectivity index (χ0) is 12.1. The Balaban J connectivity index is 0. The van der Waals surface area contributed by atoms with Crippen molar-refractivity contribution in [2.75, 3.05) is 38.7 Å². The molecule has 0 saturated carbocycles. The van der Waals surface area contributed by atoms with Gasteiger partial charge in [-0.15, -0.1) is 11.6 Å². The molecule has 0 heterocycles. The van der Waals surface area contributed by atoms with Gasteiger partial charge in [-0.05, 0) is 26.6 Å². The molecule has 2 nitrogen and oxygen atoms in total. The maximum atomic E-state index is 5.33. The van der Waals surface area contributed by atoms with Gasteiger partial charge in [0, 0.05) is 5.88 Å². The van der Waals surface area contributed by atoms with Crippen LogP contribution in [0.15, 0.2) is 12.2 Å². The standard InChI is InChI=1S/C6H11ClO.C6H15N/c1-6(2)5-8-4-3-7;1-4-7(5-2)6-3/h1,3-5H2,2H3;4-6H2,1-3H3. The van der Waals surface area contributed by atoms with Gasteiger partial charge in [-0.1, -0.05) is 32.9 Å². The van der Waals surface area contributed by atoms with E-state index >= 15 is 0 Å². The second-order valence-electron chi connectivity index (χ2n) is 3.32. The summed E-state index contributed by atoms with van der Waals surface area (Å²) in [4.78, 5) is 2.38. The topological polar surface area (TPSA) is 12.5 Å². The second kappa shape index (κ2) is 13.9. The molecule has 3 heteroatoms. The van der Waals surface area contributed by atoms with E-state index in [9.17, 15) is 0 Å². The lowest BCUT2D eigenvalue weighted by atomic mass is 10.4. The van der Waals surface area contributed by atoms with Crippen LogP contribution in [0.2, 0.25) is 0 Å². The Labute approximate surface area is 100 Å². The summed E-state index contributed by atoms with van der Waals surface area (Å²) in [6.07, 6.45) is 0. The van der Waals surface area contributed by atoms with E-state index in [0.29, 0.717) is 19.1 Å². The summed E-state index contributed by atoms with van der Waals surface area (Å²) in [5.74, 6) is 0.563. The lowest BCUT2D eigenvalue weighted by Gasteiger charge is -2.13. The van der Waals surface area contributed by atoms with Gasteiger partial charge >= 0.3 is 0 Å². The predicted octanol–water partition coefficient (Wildman–Crippen LogP) is 3.17. The minimum atomic E-state index is 0.563. The van der Waals surface area contributed by atoms with E-state index < -0.39 is 0 Å². The quantitative estimate of drug-likeness (QED) is 0.382. The van der Waals surface area contributed by atoms with E-state index in [1.54, 1.807) is 0 Å². The largest absolute Gasteiger partial charge is 0.376 e. The van der Waals surface area contributed by atoms with Crippen LogP contribution in [0, 0.1) is 0 Å². The van der Waals surface area contributed by atoms with E-state index in [1.807, 2.05) is 6.92 Å². The van der Waals surface area contributed by atoms with Crippen molar-refractivity contribution >= 4 is 11.6 Å². The first kappa shape index (κ1) is 17.3. The van der Waals surface area contributed by atoms with Crippen LogP contribution in [0.1, 0.15) is 27.7 Å². The first-order valence-electron chi connectivity index (χ1n) is 5.62. The maximum absolute atomic E-state index is 5.33. The molecule has 0 aliphatic heterocycles. The van der Waals surface area contributed by atoms with Gasteiger partial charge in [0.15, 0.2) is 0 Å². The van der Waals surface area contributed by atoms with Gasteiger partial charge in [0.25, 0.3) is 0 Å². The fourth-order valence-corrected chi connectivity index (χ4v) is 1.08. The van der Waals surface area contributed by atoms with Crippen molar-refractivity contribution in [2.24, 2.45) is 0 Å². The molecule has 0 amide bonds. The van der Waals surface area contributed by atoms with Gasteiger partial charge in [-0.2, -0.15) is 0 Å². The van der Waals surface area contributed by atoms with E-state index in [4.69, 9.17) is 16.3 Å². The third-order valence-electron chi connectivity index (χ3n) is 1.91. The fraction of sp³-hybridized carbons (Fsp3) is 0.833. The molecular weight excluding hydrogens is 210 g/mol. The van der Waals surface area contributed by atoms with E-state index in [2.05, 4.69) is 32.3 Å². The minimum Gasteiger partial charge on any atom is -0.376 e. The van der Waals surface area contributed by atoms with Gasteiger partial charge in [0.1, 0.15) is 0 Å². The molecule has 0 saturated heterocycles. The number of hydrogen-bond acceptors (Lipinski definition) is 2. The average molecular weight is 236 g/mol. The first-order valence-corrected chi connectivity index (χ1v) is 6.16. The second-order valence-corrected chi connectivity index (χ2v) is 3.70. The summed E-state index contributed by atoms with van der Waals surface area (Å²) in [7, 11) is 0. The third kappa shape index (κ3) is 16.6. The summed E-state index contributed by atoms with van der Waals surface area (Å²) in [5, 5.41) is 0. The molecule has 0 aliphatic rings. The van der Waals surface area contributed by atoms with Crippen LogP contribution in [0.3, 0.4) is 0 Å². The van der Waals surface area contributed by atoms with Crippen molar-refractivity contribution in [1.82, 2.24) is 4.90 Å². The number of alkyl halides is 1. The van der Waals surface area contributed by atoms with E-state index in [1.165, 1.54) is 19.6 Å². The molecule has 0 unspecified atom stereocenters. The molecule has 0 radical (unpaired) electrons. The first-order chi connectivity index (χ1) is 7.12. The van der Waals surface area contributed by atoms with E-state index in [0.717, 1.165) is 5.57 Å². The molecule has 15 heavy (non-hydrogen) atoms. The smallest absolute Gasteiger partial charge is 0.0672 e. The Morgan fingerprint density at radius 2 is 1.67 bits per heavy atom. The average Bonchev–Trinajstić information content (AvgIpc) is 2.21. The summed E-state index contributed by atoms with van der Waals surface area (Å²) in [6.45, 7) is 17.0. The molecule has 0 bridgehead atoms. The van der Waals surface area contributed by atoms with Crippen LogP contribution in [-0.4, -0.2) is 43.6 Å². The number of rotatable bonds is 7. The predicted molar refractivity (Wildman–Crippen MR) is 69.8 cm³/mol. The van der Waals surface area contributed by atoms with Crippen molar-refractivity contribution in [2.45, 2.75) is 27.7 Å². The van der Waals surface area contributed by atoms with Gasteiger partial charge < -0.3 is 9.64 Å². The lowest BCUT2D eigenvalue weighted by molar-refractivity contribution is 0.173. The number of ether oxygens (including phenoxy) is 1.